The summed E-state index contributed by atoms with van der Waals surface area (Å²) in [7, 11) is -4.08. The van der Waals surface area contributed by atoms with Crippen molar-refractivity contribution in [2.24, 2.45) is 5.92 Å². The van der Waals surface area contributed by atoms with Gasteiger partial charge in [-0.3, -0.25) is 19.1 Å². The van der Waals surface area contributed by atoms with Crippen LogP contribution in [0.1, 0.15) is 109 Å². The average molecular weight is 818 g/mol. The van der Waals surface area contributed by atoms with Crippen LogP contribution in [0.4, 0.5) is 18.0 Å². The molecule has 3 N–H and O–H groups in total. The second-order valence-electron chi connectivity index (χ2n) is 17.7. The first-order valence-corrected chi connectivity index (χ1v) is 21.1. The van der Waals surface area contributed by atoms with Crippen LogP contribution < -0.4 is 20.1 Å². The summed E-state index contributed by atoms with van der Waals surface area (Å²) in [6.45, 7) is 8.05. The van der Waals surface area contributed by atoms with E-state index in [1.807, 2.05) is 13.0 Å². The van der Waals surface area contributed by atoms with Gasteiger partial charge in [0.05, 0.1) is 16.8 Å². The van der Waals surface area contributed by atoms with E-state index in [9.17, 15) is 40.8 Å². The van der Waals surface area contributed by atoms with Crippen molar-refractivity contribution in [3.8, 4) is 5.75 Å². The van der Waals surface area contributed by atoms with Gasteiger partial charge in [0, 0.05) is 23.3 Å². The van der Waals surface area contributed by atoms with Gasteiger partial charge in [0.25, 0.3) is 5.91 Å². The molecule has 2 aromatic rings. The van der Waals surface area contributed by atoms with Crippen LogP contribution in [0.2, 0.25) is 0 Å². The number of rotatable bonds is 4. The maximum absolute atomic E-state index is 14.7. The van der Waals surface area contributed by atoms with E-state index < -0.39 is 90.9 Å². The quantitative estimate of drug-likeness (QED) is 0.337. The van der Waals surface area contributed by atoms with Gasteiger partial charge in [-0.1, -0.05) is 36.6 Å². The normalized spacial score (nSPS) is 29.4. The van der Waals surface area contributed by atoms with Crippen molar-refractivity contribution in [1.82, 2.24) is 25.2 Å². The van der Waals surface area contributed by atoms with Crippen molar-refractivity contribution in [3.05, 3.63) is 47.2 Å². The molecule has 0 radical (unpaired) electrons. The van der Waals surface area contributed by atoms with Crippen LogP contribution in [-0.2, 0) is 41.7 Å². The molecule has 57 heavy (non-hydrogen) atoms. The molecule has 4 amide bonds. The zero-order valence-electron chi connectivity index (χ0n) is 32.8. The number of carbonyl (C=O) groups is 4. The zero-order chi connectivity index (χ0) is 41.3. The second-order valence-corrected chi connectivity index (χ2v) is 19.9. The summed E-state index contributed by atoms with van der Waals surface area (Å²) in [5.41, 5.74) is -3.97. The lowest BCUT2D eigenvalue weighted by atomic mass is 9.86. The first kappa shape index (κ1) is 40.8. The van der Waals surface area contributed by atoms with Gasteiger partial charge in [0.2, 0.25) is 21.8 Å². The van der Waals surface area contributed by atoms with E-state index in [0.717, 1.165) is 5.56 Å². The van der Waals surface area contributed by atoms with E-state index in [1.165, 1.54) is 17.9 Å². The molecule has 3 aliphatic heterocycles. The largest absolute Gasteiger partial charge is 0.483 e. The molecule has 2 aliphatic carbocycles. The minimum absolute atomic E-state index is 0.0962. The van der Waals surface area contributed by atoms with Crippen molar-refractivity contribution in [2.45, 2.75) is 145 Å². The van der Waals surface area contributed by atoms with Gasteiger partial charge in [-0.05, 0) is 98.1 Å². The van der Waals surface area contributed by atoms with E-state index in [2.05, 4.69) is 20.3 Å². The standard InChI is InChI=1S/C40H50F3N5O8S/c1-23-13-14-27-26(19-23)25-15-16-38(55-30(25)31(44-27)40(41,42)43)21-29-32(49)46-39(34(51)47-57(53,54)37(5)17-18-37)20-24(39)11-9-7-6-8-10-12-28(33(50)48(29)22-38)45-35(52)56-36(2,3)4/h9,11,13-14,19,24,28-29H,6-8,10,12,15-18,20-22H2,1-5H3,(H,45,52)(H,46,49)(H,47,51)/b11-9-/t24-,28+,29+,38-,39-/m1/s1. The fourth-order valence-corrected chi connectivity index (χ4v) is 9.60. The predicted octanol–water partition coefficient (Wildman–Crippen LogP) is 5.51. The monoisotopic (exact) mass is 817 g/mol. The maximum atomic E-state index is 14.7. The molecule has 17 heteroatoms. The summed E-state index contributed by atoms with van der Waals surface area (Å²) in [5, 5.41) is 5.97. The van der Waals surface area contributed by atoms with Gasteiger partial charge in [-0.15, -0.1) is 0 Å². The number of nitrogens with zero attached hydrogens (tertiary/aromatic N) is 2. The van der Waals surface area contributed by atoms with Gasteiger partial charge in [-0.2, -0.15) is 13.2 Å². The number of amides is 4. The summed E-state index contributed by atoms with van der Waals surface area (Å²) >= 11 is 0. The van der Waals surface area contributed by atoms with E-state index >= 15 is 0 Å². The second kappa shape index (κ2) is 14.2. The highest BCUT2D eigenvalue weighted by Crippen LogP contribution is 2.50. The molecule has 1 spiro atoms. The number of carbonyl (C=O) groups excluding carboxylic acids is 4. The molecule has 13 nitrogen and oxygen atoms in total. The molecule has 4 heterocycles. The van der Waals surface area contributed by atoms with Crippen LogP contribution in [0.15, 0.2) is 30.4 Å². The number of hydrogen-bond acceptors (Lipinski definition) is 9. The van der Waals surface area contributed by atoms with E-state index in [4.69, 9.17) is 9.47 Å². The third kappa shape index (κ3) is 8.04. The number of aromatic nitrogens is 1. The van der Waals surface area contributed by atoms with Crippen molar-refractivity contribution >= 4 is 44.7 Å². The minimum Gasteiger partial charge on any atom is -0.483 e. The summed E-state index contributed by atoms with van der Waals surface area (Å²) in [5.74, 6) is -3.38. The maximum Gasteiger partial charge on any atom is 0.437 e. The molecule has 1 saturated heterocycles. The van der Waals surface area contributed by atoms with Crippen LogP contribution >= 0.6 is 0 Å². The Kier molecular flexibility index (Phi) is 10.1. The number of pyridine rings is 1. The molecular formula is C40H50F3N5O8S. The SMILES string of the molecule is Cc1ccc2nc(C(F)(F)F)c3c(c2c1)CC[C@]1(C[C@H]2C(=O)N[C@]4(C(=O)NS(=O)(=O)C5(C)CC5)C[C@H]4/C=C\CCCCC[C@H](NC(=O)OC(C)(C)C)C(=O)N2C1)O3. The molecule has 310 valence electrons. The van der Waals surface area contributed by atoms with Crippen molar-refractivity contribution < 1.29 is 50.2 Å². The first-order chi connectivity index (χ1) is 26.6. The summed E-state index contributed by atoms with van der Waals surface area (Å²) in [6, 6.07) is 2.41. The van der Waals surface area contributed by atoms with Gasteiger partial charge in [0.15, 0.2) is 11.4 Å². The lowest BCUT2D eigenvalue weighted by molar-refractivity contribution is -0.144. The van der Waals surface area contributed by atoms with Crippen molar-refractivity contribution in [3.63, 3.8) is 0 Å². The topological polar surface area (TPSA) is 173 Å². The minimum atomic E-state index is -4.90. The van der Waals surface area contributed by atoms with E-state index in [0.29, 0.717) is 49.5 Å². The third-order valence-corrected chi connectivity index (χ3v) is 14.1. The fraction of sp³-hybridized carbons (Fsp3) is 0.625. The number of alkyl carbamates (subject to hydrolysis) is 1. The smallest absolute Gasteiger partial charge is 0.437 e. The van der Waals surface area contributed by atoms with E-state index in [1.54, 1.807) is 39.0 Å². The first-order valence-electron chi connectivity index (χ1n) is 19.6. The molecule has 5 aliphatic rings. The highest BCUT2D eigenvalue weighted by molar-refractivity contribution is 7.91. The Morgan fingerprint density at radius 1 is 1.07 bits per heavy atom. The third-order valence-electron chi connectivity index (χ3n) is 11.9. The molecule has 1 aromatic heterocycles. The fourth-order valence-electron chi connectivity index (χ4n) is 8.29. The number of benzene rings is 1. The van der Waals surface area contributed by atoms with Crippen LogP contribution in [-0.4, -0.2) is 82.2 Å². The van der Waals surface area contributed by atoms with Gasteiger partial charge in [-0.25, -0.2) is 18.2 Å². The zero-order valence-corrected chi connectivity index (χ0v) is 33.6. The van der Waals surface area contributed by atoms with Gasteiger partial charge < -0.3 is 25.0 Å². The molecule has 7 rings (SSSR count). The Labute approximate surface area is 329 Å². The molecule has 3 fully saturated rings. The molecule has 0 bridgehead atoms. The van der Waals surface area contributed by atoms with E-state index in [-0.39, 0.29) is 44.2 Å². The number of allylic oxidation sites excluding steroid dienone is 1. The lowest BCUT2D eigenvalue weighted by Gasteiger charge is -2.37. The summed E-state index contributed by atoms with van der Waals surface area (Å²) in [6.07, 6.45) is 1.46. The summed E-state index contributed by atoms with van der Waals surface area (Å²) < 4.78 is 83.4. The van der Waals surface area contributed by atoms with Crippen LogP contribution in [0, 0.1) is 12.8 Å². The van der Waals surface area contributed by atoms with Crippen molar-refractivity contribution in [2.75, 3.05) is 6.54 Å². The number of sulfonamides is 1. The van der Waals surface area contributed by atoms with Crippen LogP contribution in [0.3, 0.4) is 0 Å². The average Bonchev–Trinajstić information content (AvgIpc) is 4.00. The predicted molar refractivity (Wildman–Crippen MR) is 202 cm³/mol. The number of nitrogens with one attached hydrogen (secondary N) is 3. The highest BCUT2D eigenvalue weighted by Gasteiger charge is 2.64. The number of halogens is 3. The molecule has 0 unspecified atom stereocenters. The Morgan fingerprint density at radius 3 is 2.49 bits per heavy atom. The number of fused-ring (bicyclic) bond motifs is 5. The molecule has 2 saturated carbocycles. The number of alkyl halides is 3. The highest BCUT2D eigenvalue weighted by atomic mass is 32.2. The molecule has 1 aromatic carbocycles. The van der Waals surface area contributed by atoms with Crippen LogP contribution in [0.25, 0.3) is 10.9 Å². The van der Waals surface area contributed by atoms with Crippen LogP contribution in [0.5, 0.6) is 5.75 Å². The Hall–Kier alpha value is -4.41. The summed E-state index contributed by atoms with van der Waals surface area (Å²) in [4.78, 5) is 61.5. The number of aryl methyl sites for hydroxylation is 2. The lowest BCUT2D eigenvalue weighted by Crippen LogP contribution is -2.58. The Bertz CT molecular complexity index is 2150. The number of ether oxygens (including phenoxy) is 2. The molecule has 5 atom stereocenters. The van der Waals surface area contributed by atoms with Gasteiger partial charge >= 0.3 is 12.3 Å². The Morgan fingerprint density at radius 2 is 1.81 bits per heavy atom. The van der Waals surface area contributed by atoms with Gasteiger partial charge in [0.1, 0.15) is 28.8 Å². The van der Waals surface area contributed by atoms with Crippen molar-refractivity contribution in [1.29, 1.82) is 0 Å². The number of hydrogen-bond donors (Lipinski definition) is 3. The Balaban J connectivity index is 1.27. The molecular weight excluding hydrogens is 768 g/mol.